The van der Waals surface area contributed by atoms with Crippen molar-refractivity contribution >= 4 is 29.3 Å². The molecule has 0 aliphatic rings. The van der Waals surface area contributed by atoms with Crippen LogP contribution in [0.15, 0.2) is 47.4 Å². The molecule has 0 saturated carbocycles. The van der Waals surface area contributed by atoms with Crippen LogP contribution >= 0.6 is 11.8 Å². The van der Waals surface area contributed by atoms with Gasteiger partial charge in [-0.25, -0.2) is 0 Å². The molecular weight excluding hydrogens is 346 g/mol. The Hall–Kier alpha value is -2.41. The maximum absolute atomic E-state index is 12.2. The van der Waals surface area contributed by atoms with E-state index < -0.39 is 11.7 Å². The summed E-state index contributed by atoms with van der Waals surface area (Å²) in [5.74, 6) is -3.21. The molecule has 2 aromatic rings. The second-order valence-corrected chi connectivity index (χ2v) is 6.50. The molecule has 2 aromatic carbocycles. The summed E-state index contributed by atoms with van der Waals surface area (Å²) in [6, 6.07) is 11.4. The molecule has 25 heavy (non-hydrogen) atoms. The van der Waals surface area contributed by atoms with Crippen molar-refractivity contribution in [3.05, 3.63) is 59.2 Å². The quantitative estimate of drug-likeness (QED) is 0.762. The van der Waals surface area contributed by atoms with Gasteiger partial charge in [0.25, 0.3) is 11.7 Å². The fourth-order valence-electron chi connectivity index (χ4n) is 2.07. The molecule has 0 aromatic heterocycles. The Morgan fingerprint density at radius 3 is 2.32 bits per heavy atom. The molecule has 0 bridgehead atoms. The molecule has 0 atom stereocenters. The number of alkyl halides is 2. The molecule has 2 rings (SSSR count). The van der Waals surface area contributed by atoms with Crippen molar-refractivity contribution < 1.29 is 18.4 Å². The lowest BCUT2D eigenvalue weighted by molar-refractivity contribution is -0.115. The maximum Gasteiger partial charge on any atom is 0.288 e. The SMILES string of the molecule is Cc1ccc(C(=O)NCC(=O)Nc2ccc(SC(F)F)cc2)cc1C. The lowest BCUT2D eigenvalue weighted by Crippen LogP contribution is -2.32. The first-order chi connectivity index (χ1) is 11.8. The Morgan fingerprint density at radius 1 is 1.04 bits per heavy atom. The number of rotatable bonds is 6. The van der Waals surface area contributed by atoms with Gasteiger partial charge < -0.3 is 10.6 Å². The van der Waals surface area contributed by atoms with Crippen molar-refractivity contribution in [1.82, 2.24) is 5.32 Å². The number of hydrogen-bond donors (Lipinski definition) is 2. The van der Waals surface area contributed by atoms with E-state index in [4.69, 9.17) is 0 Å². The number of benzene rings is 2. The number of aryl methyl sites for hydroxylation is 2. The smallest absolute Gasteiger partial charge is 0.288 e. The highest BCUT2D eigenvalue weighted by atomic mass is 32.2. The van der Waals surface area contributed by atoms with E-state index in [1.165, 1.54) is 24.3 Å². The van der Waals surface area contributed by atoms with Gasteiger partial charge in [-0.15, -0.1) is 0 Å². The lowest BCUT2D eigenvalue weighted by atomic mass is 10.1. The average Bonchev–Trinajstić information content (AvgIpc) is 2.56. The van der Waals surface area contributed by atoms with Gasteiger partial charge in [-0.2, -0.15) is 8.78 Å². The van der Waals surface area contributed by atoms with Crippen LogP contribution in [0.2, 0.25) is 0 Å². The number of nitrogens with one attached hydrogen (secondary N) is 2. The molecular formula is C18H18F2N2O2S. The third-order valence-electron chi connectivity index (χ3n) is 3.54. The summed E-state index contributed by atoms with van der Waals surface area (Å²) in [5, 5.41) is 5.15. The molecule has 132 valence electrons. The molecule has 0 heterocycles. The predicted molar refractivity (Wildman–Crippen MR) is 95.2 cm³/mol. The number of amides is 2. The fourth-order valence-corrected chi connectivity index (χ4v) is 2.57. The number of carbonyl (C=O) groups excluding carboxylic acids is 2. The highest BCUT2D eigenvalue weighted by Crippen LogP contribution is 2.26. The molecule has 2 amide bonds. The number of halogens is 2. The highest BCUT2D eigenvalue weighted by Gasteiger charge is 2.10. The van der Waals surface area contributed by atoms with Crippen LogP contribution in [0, 0.1) is 13.8 Å². The zero-order chi connectivity index (χ0) is 18.4. The van der Waals surface area contributed by atoms with Gasteiger partial charge in [0.1, 0.15) is 0 Å². The minimum Gasteiger partial charge on any atom is -0.343 e. The number of anilines is 1. The molecule has 2 N–H and O–H groups in total. The Morgan fingerprint density at radius 2 is 1.72 bits per heavy atom. The summed E-state index contributed by atoms with van der Waals surface area (Å²) in [6.45, 7) is 3.68. The zero-order valence-electron chi connectivity index (χ0n) is 13.8. The standard InChI is InChI=1S/C18H18F2N2O2S/c1-11-3-4-13(9-12(11)2)17(24)21-10-16(23)22-14-5-7-15(8-6-14)25-18(19)20/h3-9,18H,10H2,1-2H3,(H,21,24)(H,22,23). The van der Waals surface area contributed by atoms with Crippen LogP contribution in [-0.2, 0) is 4.79 Å². The van der Waals surface area contributed by atoms with E-state index in [0.29, 0.717) is 27.9 Å². The van der Waals surface area contributed by atoms with Gasteiger partial charge in [0.05, 0.1) is 6.54 Å². The summed E-state index contributed by atoms with van der Waals surface area (Å²) in [5.41, 5.74) is 3.05. The minimum atomic E-state index is -2.49. The van der Waals surface area contributed by atoms with Crippen LogP contribution in [0.4, 0.5) is 14.5 Å². The van der Waals surface area contributed by atoms with E-state index >= 15 is 0 Å². The van der Waals surface area contributed by atoms with Crippen LogP contribution in [0.5, 0.6) is 0 Å². The van der Waals surface area contributed by atoms with Gasteiger partial charge in [-0.1, -0.05) is 17.8 Å². The Bertz CT molecular complexity index is 764. The normalized spacial score (nSPS) is 10.6. The van der Waals surface area contributed by atoms with Crippen molar-refractivity contribution in [1.29, 1.82) is 0 Å². The van der Waals surface area contributed by atoms with Crippen LogP contribution in [0.25, 0.3) is 0 Å². The zero-order valence-corrected chi connectivity index (χ0v) is 14.6. The third kappa shape index (κ3) is 5.86. The molecule has 0 fully saturated rings. The summed E-state index contributed by atoms with van der Waals surface area (Å²) < 4.78 is 24.5. The number of hydrogen-bond acceptors (Lipinski definition) is 3. The largest absolute Gasteiger partial charge is 0.343 e. The molecule has 0 spiro atoms. The van der Waals surface area contributed by atoms with Crippen molar-refractivity contribution in [2.45, 2.75) is 24.5 Å². The molecule has 0 radical (unpaired) electrons. The Balaban J connectivity index is 1.85. The summed E-state index contributed by atoms with van der Waals surface area (Å²) in [4.78, 5) is 24.3. The number of thioether (sulfide) groups is 1. The maximum atomic E-state index is 12.2. The van der Waals surface area contributed by atoms with Crippen molar-refractivity contribution in [2.24, 2.45) is 0 Å². The van der Waals surface area contributed by atoms with E-state index in [1.807, 2.05) is 19.9 Å². The van der Waals surface area contributed by atoms with Crippen molar-refractivity contribution in [3.63, 3.8) is 0 Å². The Labute approximate surface area is 149 Å². The summed E-state index contributed by atoms with van der Waals surface area (Å²) in [6.07, 6.45) is 0. The Kier molecular flexibility index (Phi) is 6.52. The summed E-state index contributed by atoms with van der Waals surface area (Å²) >= 11 is 0.437. The van der Waals surface area contributed by atoms with E-state index in [0.717, 1.165) is 11.1 Å². The molecule has 7 heteroatoms. The van der Waals surface area contributed by atoms with Gasteiger partial charge in [0.2, 0.25) is 5.91 Å². The van der Waals surface area contributed by atoms with Crippen LogP contribution in [-0.4, -0.2) is 24.1 Å². The molecule has 0 unspecified atom stereocenters. The van der Waals surface area contributed by atoms with Gasteiger partial charge >= 0.3 is 0 Å². The summed E-state index contributed by atoms with van der Waals surface area (Å²) in [7, 11) is 0. The van der Waals surface area contributed by atoms with Crippen molar-refractivity contribution in [3.8, 4) is 0 Å². The third-order valence-corrected chi connectivity index (χ3v) is 4.26. The van der Waals surface area contributed by atoms with Crippen LogP contribution in [0.3, 0.4) is 0 Å². The second-order valence-electron chi connectivity index (χ2n) is 5.43. The molecule has 0 saturated heterocycles. The van der Waals surface area contributed by atoms with Crippen LogP contribution < -0.4 is 10.6 Å². The predicted octanol–water partition coefficient (Wildman–Crippen LogP) is 3.99. The average molecular weight is 364 g/mol. The van der Waals surface area contributed by atoms with Gasteiger partial charge in [-0.05, 0) is 61.4 Å². The van der Waals surface area contributed by atoms with Crippen molar-refractivity contribution in [2.75, 3.05) is 11.9 Å². The first kappa shape index (κ1) is 18.9. The molecule has 0 aliphatic heterocycles. The van der Waals surface area contributed by atoms with E-state index in [2.05, 4.69) is 10.6 Å². The van der Waals surface area contributed by atoms with E-state index in [1.54, 1.807) is 12.1 Å². The van der Waals surface area contributed by atoms with E-state index in [-0.39, 0.29) is 12.5 Å². The van der Waals surface area contributed by atoms with E-state index in [9.17, 15) is 18.4 Å². The highest BCUT2D eigenvalue weighted by molar-refractivity contribution is 7.99. The molecule has 4 nitrogen and oxygen atoms in total. The first-order valence-corrected chi connectivity index (χ1v) is 8.43. The molecule has 0 aliphatic carbocycles. The fraction of sp³-hybridized carbons (Fsp3) is 0.222. The monoisotopic (exact) mass is 364 g/mol. The van der Waals surface area contributed by atoms with Crippen LogP contribution in [0.1, 0.15) is 21.5 Å². The minimum absolute atomic E-state index is 0.181. The topological polar surface area (TPSA) is 58.2 Å². The first-order valence-electron chi connectivity index (χ1n) is 7.55. The van der Waals surface area contributed by atoms with Gasteiger partial charge in [0.15, 0.2) is 0 Å². The second kappa shape index (κ2) is 8.62. The lowest BCUT2D eigenvalue weighted by Gasteiger charge is -2.09. The van der Waals surface area contributed by atoms with Gasteiger partial charge in [0, 0.05) is 16.1 Å². The van der Waals surface area contributed by atoms with Gasteiger partial charge in [-0.3, -0.25) is 9.59 Å². The number of carbonyl (C=O) groups is 2.